The van der Waals surface area contributed by atoms with Gasteiger partial charge in [0.25, 0.3) is 0 Å². The number of likely N-dealkylation sites (tertiary alicyclic amines) is 1. The summed E-state index contributed by atoms with van der Waals surface area (Å²) in [5.41, 5.74) is -0.954. The number of amides is 3. The Hall–Kier alpha value is -3.16. The second kappa shape index (κ2) is 8.18. The summed E-state index contributed by atoms with van der Waals surface area (Å²) in [6.45, 7) is 8.80. The van der Waals surface area contributed by atoms with Crippen LogP contribution in [0.2, 0.25) is 0 Å². The van der Waals surface area contributed by atoms with E-state index in [1.807, 2.05) is 25.2 Å². The monoisotopic (exact) mass is 505 g/mol. The standard InChI is InChI=1S/C25H30F3N5O3/c1-22(2,3)18(31-21(36)25(26,27)28)20(35)33-11-14-16(23(14,4)5)17(33)19(34)32-24(12-29)9-13-7-6-8-30-15(13)10-24/h6-8,14,16-18H,9-11H2,1-5H3,(H,31,36)(H,32,34)/t14-,16-,17-,18+,24?/m0/s1. The predicted molar refractivity (Wildman–Crippen MR) is 122 cm³/mol. The Bertz CT molecular complexity index is 1130. The van der Waals surface area contributed by atoms with Gasteiger partial charge in [-0.15, -0.1) is 0 Å². The highest BCUT2D eigenvalue weighted by Gasteiger charge is 2.70. The second-order valence-corrected chi connectivity index (χ2v) is 11.8. The van der Waals surface area contributed by atoms with Crippen LogP contribution >= 0.6 is 0 Å². The molecule has 2 N–H and O–H groups in total. The van der Waals surface area contributed by atoms with Crippen molar-refractivity contribution in [1.82, 2.24) is 20.5 Å². The summed E-state index contributed by atoms with van der Waals surface area (Å²) >= 11 is 0. The Morgan fingerprint density at radius 3 is 2.44 bits per heavy atom. The van der Waals surface area contributed by atoms with E-state index in [0.717, 1.165) is 5.56 Å². The molecule has 3 aliphatic rings. The number of aromatic nitrogens is 1. The van der Waals surface area contributed by atoms with Gasteiger partial charge in [0, 0.05) is 31.3 Å². The molecule has 8 nitrogen and oxygen atoms in total. The van der Waals surface area contributed by atoms with Gasteiger partial charge in [0.05, 0.1) is 6.07 Å². The van der Waals surface area contributed by atoms with Crippen LogP contribution in [0.25, 0.3) is 0 Å². The van der Waals surface area contributed by atoms with Gasteiger partial charge in [-0.1, -0.05) is 40.7 Å². The van der Waals surface area contributed by atoms with Crippen LogP contribution < -0.4 is 10.6 Å². The van der Waals surface area contributed by atoms with E-state index in [-0.39, 0.29) is 36.6 Å². The van der Waals surface area contributed by atoms with Crippen molar-refractivity contribution in [3.05, 3.63) is 29.6 Å². The van der Waals surface area contributed by atoms with Crippen LogP contribution in [0.15, 0.2) is 18.3 Å². The van der Waals surface area contributed by atoms with Gasteiger partial charge < -0.3 is 15.5 Å². The van der Waals surface area contributed by atoms with Crippen LogP contribution in [-0.4, -0.2) is 57.9 Å². The molecule has 194 valence electrons. The molecule has 36 heavy (non-hydrogen) atoms. The van der Waals surface area contributed by atoms with E-state index in [1.54, 1.807) is 33.0 Å². The number of hydrogen-bond donors (Lipinski definition) is 2. The molecule has 2 fully saturated rings. The van der Waals surface area contributed by atoms with Crippen molar-refractivity contribution in [2.45, 2.75) is 71.3 Å². The largest absolute Gasteiger partial charge is 0.471 e. The minimum Gasteiger partial charge on any atom is -0.336 e. The fraction of sp³-hybridized carbons (Fsp3) is 0.640. The van der Waals surface area contributed by atoms with Crippen molar-refractivity contribution >= 4 is 17.7 Å². The summed E-state index contributed by atoms with van der Waals surface area (Å²) in [5, 5.41) is 14.7. The number of fused-ring (bicyclic) bond motifs is 2. The molecule has 5 atom stereocenters. The van der Waals surface area contributed by atoms with Crippen molar-refractivity contribution in [2.24, 2.45) is 22.7 Å². The molecule has 3 amide bonds. The Morgan fingerprint density at radius 2 is 1.89 bits per heavy atom. The number of nitrogens with zero attached hydrogens (tertiary/aromatic N) is 3. The van der Waals surface area contributed by atoms with E-state index in [2.05, 4.69) is 16.4 Å². The van der Waals surface area contributed by atoms with Gasteiger partial charge in [-0.3, -0.25) is 19.4 Å². The molecule has 4 rings (SSSR count). The lowest BCUT2D eigenvalue weighted by atomic mass is 9.85. The first kappa shape index (κ1) is 25.9. The number of nitriles is 1. The molecule has 1 saturated heterocycles. The Balaban J connectivity index is 1.60. The third kappa shape index (κ3) is 4.31. The highest BCUT2D eigenvalue weighted by Crippen LogP contribution is 2.65. The molecule has 1 unspecified atom stereocenters. The van der Waals surface area contributed by atoms with Crippen LogP contribution in [-0.2, 0) is 27.2 Å². The summed E-state index contributed by atoms with van der Waals surface area (Å²) in [5.74, 6) is -3.70. The van der Waals surface area contributed by atoms with E-state index in [1.165, 1.54) is 4.90 Å². The normalized spacial score (nSPS) is 29.0. The van der Waals surface area contributed by atoms with Gasteiger partial charge in [-0.2, -0.15) is 18.4 Å². The molecule has 0 spiro atoms. The molecule has 1 aromatic heterocycles. The number of hydrogen-bond acceptors (Lipinski definition) is 5. The van der Waals surface area contributed by atoms with Gasteiger partial charge in [-0.25, -0.2) is 0 Å². The first-order chi connectivity index (χ1) is 16.5. The Kier molecular flexibility index (Phi) is 5.89. The average Bonchev–Trinajstić information content (AvgIpc) is 3.13. The number of halogens is 3. The fourth-order valence-electron chi connectivity index (χ4n) is 5.81. The van der Waals surface area contributed by atoms with Crippen LogP contribution in [0, 0.1) is 34.0 Å². The smallest absolute Gasteiger partial charge is 0.336 e. The van der Waals surface area contributed by atoms with E-state index in [9.17, 15) is 32.8 Å². The van der Waals surface area contributed by atoms with Crippen LogP contribution in [0.3, 0.4) is 0 Å². The average molecular weight is 506 g/mol. The second-order valence-electron chi connectivity index (χ2n) is 11.8. The van der Waals surface area contributed by atoms with Gasteiger partial charge in [0.15, 0.2) is 0 Å². The zero-order chi connectivity index (χ0) is 26.8. The molecule has 1 saturated carbocycles. The first-order valence-electron chi connectivity index (χ1n) is 11.9. The van der Waals surface area contributed by atoms with E-state index >= 15 is 0 Å². The van der Waals surface area contributed by atoms with Gasteiger partial charge in [0.2, 0.25) is 11.8 Å². The SMILES string of the molecule is CC(C)(C)[C@H](NC(=O)C(F)(F)F)C(=O)N1C[C@H]2[C@@H]([C@H]1C(=O)NC1(C#N)Cc3cccnc3C1)C2(C)C. The molecular formula is C25H30F3N5O3. The van der Waals surface area contributed by atoms with Crippen LogP contribution in [0.1, 0.15) is 45.9 Å². The van der Waals surface area contributed by atoms with Crippen molar-refractivity contribution in [3.63, 3.8) is 0 Å². The highest BCUT2D eigenvalue weighted by atomic mass is 19.4. The minimum atomic E-state index is -5.15. The number of nitrogens with one attached hydrogen (secondary N) is 2. The number of carbonyl (C=O) groups excluding carboxylic acids is 3. The zero-order valence-electron chi connectivity index (χ0n) is 20.9. The fourth-order valence-corrected chi connectivity index (χ4v) is 5.81. The number of pyridine rings is 1. The van der Waals surface area contributed by atoms with Gasteiger partial charge in [-0.05, 0) is 34.3 Å². The summed E-state index contributed by atoms with van der Waals surface area (Å²) in [6, 6.07) is 3.34. The Labute approximate surface area is 207 Å². The van der Waals surface area contributed by atoms with Crippen molar-refractivity contribution in [1.29, 1.82) is 5.26 Å². The maximum atomic E-state index is 13.7. The topological polar surface area (TPSA) is 115 Å². The van der Waals surface area contributed by atoms with E-state index < -0.39 is 46.9 Å². The molecular weight excluding hydrogens is 475 g/mol. The number of alkyl halides is 3. The van der Waals surface area contributed by atoms with Crippen molar-refractivity contribution in [3.8, 4) is 6.07 Å². The van der Waals surface area contributed by atoms with Crippen LogP contribution in [0.5, 0.6) is 0 Å². The van der Waals surface area contributed by atoms with Crippen molar-refractivity contribution in [2.75, 3.05) is 6.54 Å². The van der Waals surface area contributed by atoms with Crippen LogP contribution in [0.4, 0.5) is 13.2 Å². The molecule has 0 bridgehead atoms. The number of rotatable bonds is 4. The summed E-state index contributed by atoms with van der Waals surface area (Å²) in [7, 11) is 0. The molecule has 0 radical (unpaired) electrons. The molecule has 2 heterocycles. The minimum absolute atomic E-state index is 0.0170. The summed E-state index contributed by atoms with van der Waals surface area (Å²) in [6.07, 6.45) is -3.05. The number of piperidine rings is 1. The maximum Gasteiger partial charge on any atom is 0.471 e. The zero-order valence-corrected chi connectivity index (χ0v) is 20.9. The lowest BCUT2D eigenvalue weighted by molar-refractivity contribution is -0.176. The summed E-state index contributed by atoms with van der Waals surface area (Å²) in [4.78, 5) is 44.6. The molecule has 2 aliphatic carbocycles. The Morgan fingerprint density at radius 1 is 1.22 bits per heavy atom. The van der Waals surface area contributed by atoms with E-state index in [4.69, 9.17) is 0 Å². The molecule has 11 heteroatoms. The first-order valence-corrected chi connectivity index (χ1v) is 11.9. The lowest BCUT2D eigenvalue weighted by Crippen LogP contribution is -2.62. The molecule has 1 aliphatic heterocycles. The van der Waals surface area contributed by atoms with Crippen molar-refractivity contribution < 1.29 is 27.6 Å². The summed E-state index contributed by atoms with van der Waals surface area (Å²) < 4.78 is 39.0. The predicted octanol–water partition coefficient (Wildman–Crippen LogP) is 2.13. The third-order valence-corrected chi connectivity index (χ3v) is 7.93. The van der Waals surface area contributed by atoms with Gasteiger partial charge >= 0.3 is 12.1 Å². The lowest BCUT2D eigenvalue weighted by Gasteiger charge is -2.38. The molecule has 0 aromatic carbocycles. The maximum absolute atomic E-state index is 13.7. The van der Waals surface area contributed by atoms with E-state index in [0.29, 0.717) is 5.69 Å². The quantitative estimate of drug-likeness (QED) is 0.651. The molecule has 1 aromatic rings. The third-order valence-electron chi connectivity index (χ3n) is 7.93. The van der Waals surface area contributed by atoms with Gasteiger partial charge in [0.1, 0.15) is 17.6 Å². The highest BCUT2D eigenvalue weighted by molar-refractivity contribution is 5.95. The number of carbonyl (C=O) groups is 3.